The molecule has 6 heteroatoms. The molecule has 1 atom stereocenters. The van der Waals surface area contributed by atoms with Crippen molar-refractivity contribution in [1.29, 1.82) is 0 Å². The number of rotatable bonds is 7. The van der Waals surface area contributed by atoms with Crippen molar-refractivity contribution in [3.8, 4) is 0 Å². The largest absolute Gasteiger partial charge is 0.362 e. The van der Waals surface area contributed by atoms with Crippen LogP contribution in [0.4, 0.5) is 17.1 Å². The van der Waals surface area contributed by atoms with E-state index in [-0.39, 0.29) is 0 Å². The first-order chi connectivity index (χ1) is 15.2. The van der Waals surface area contributed by atoms with Crippen molar-refractivity contribution < 1.29 is 0 Å². The van der Waals surface area contributed by atoms with Gasteiger partial charge in [-0.2, -0.15) is 0 Å². The van der Waals surface area contributed by atoms with E-state index in [0.29, 0.717) is 11.0 Å². The zero-order valence-corrected chi connectivity index (χ0v) is 19.5. The molecule has 3 aromatic carbocycles. The van der Waals surface area contributed by atoms with E-state index < -0.39 is 8.22 Å². The number of thiocarbonyl (C=S) groups is 1. The normalized spacial score (nSPS) is 15.0. The maximum Gasteiger partial charge on any atom is 0.170 e. The number of anilines is 3. The summed E-state index contributed by atoms with van der Waals surface area (Å²) in [7, 11) is -0.480. The van der Waals surface area contributed by atoms with Gasteiger partial charge in [-0.3, -0.25) is 0 Å². The molecule has 31 heavy (non-hydrogen) atoms. The molecule has 4 nitrogen and oxygen atoms in total. The summed E-state index contributed by atoms with van der Waals surface area (Å²) in [5.41, 5.74) is 3.64. The maximum atomic E-state index is 5.50. The van der Waals surface area contributed by atoms with E-state index >= 15 is 0 Å². The first-order valence-corrected chi connectivity index (χ1v) is 12.6. The summed E-state index contributed by atoms with van der Waals surface area (Å²) in [6.07, 6.45) is 1.11. The molecule has 0 aromatic heterocycles. The van der Waals surface area contributed by atoms with Gasteiger partial charge in [0.15, 0.2) is 5.11 Å². The predicted octanol–water partition coefficient (Wildman–Crippen LogP) is 5.95. The van der Waals surface area contributed by atoms with Crippen LogP contribution >= 0.6 is 20.4 Å². The molecule has 1 fully saturated rings. The van der Waals surface area contributed by atoms with Crippen molar-refractivity contribution in [1.82, 2.24) is 5.32 Å². The fraction of sp³-hybridized carbons (Fsp3) is 0.240. The second-order valence-corrected chi connectivity index (χ2v) is 10.3. The van der Waals surface area contributed by atoms with E-state index in [9.17, 15) is 0 Å². The number of hydrogen-bond donors (Lipinski definition) is 2. The minimum absolute atomic E-state index is 0.480. The van der Waals surface area contributed by atoms with Crippen molar-refractivity contribution in [2.24, 2.45) is 5.92 Å². The highest BCUT2D eigenvalue weighted by Crippen LogP contribution is 2.53. The van der Waals surface area contributed by atoms with Crippen LogP contribution in [-0.2, 0) is 0 Å². The minimum atomic E-state index is -0.480. The molecule has 0 bridgehead atoms. The van der Waals surface area contributed by atoms with Crippen LogP contribution in [0.5, 0.6) is 0 Å². The quantitative estimate of drug-likeness (QED) is 0.345. The smallest absolute Gasteiger partial charge is 0.170 e. The highest BCUT2D eigenvalue weighted by atomic mass is 32.1. The third-order valence-electron chi connectivity index (χ3n) is 5.31. The van der Waals surface area contributed by atoms with Crippen LogP contribution in [0.2, 0.25) is 0 Å². The summed E-state index contributed by atoms with van der Waals surface area (Å²) >= 11 is 5.50. The van der Waals surface area contributed by atoms with Crippen molar-refractivity contribution in [3.63, 3.8) is 0 Å². The van der Waals surface area contributed by atoms with Crippen LogP contribution in [0.1, 0.15) is 6.92 Å². The second kappa shape index (κ2) is 10.6. The monoisotopic (exact) mass is 448 g/mol. The summed E-state index contributed by atoms with van der Waals surface area (Å²) in [5, 5.41) is 7.35. The van der Waals surface area contributed by atoms with Crippen molar-refractivity contribution >= 4 is 42.6 Å². The van der Waals surface area contributed by atoms with E-state index in [2.05, 4.69) is 87.6 Å². The van der Waals surface area contributed by atoms with Gasteiger partial charge in [-0.05, 0) is 54.5 Å². The fourth-order valence-corrected chi connectivity index (χ4v) is 6.76. The van der Waals surface area contributed by atoms with Crippen molar-refractivity contribution in [2.45, 2.75) is 6.92 Å². The minimum Gasteiger partial charge on any atom is -0.362 e. The number of hydrogen-bond acceptors (Lipinski definition) is 3. The van der Waals surface area contributed by atoms with Gasteiger partial charge in [-0.15, -0.1) is 0 Å². The van der Waals surface area contributed by atoms with Crippen LogP contribution in [0.3, 0.4) is 0 Å². The summed E-state index contributed by atoms with van der Waals surface area (Å²) in [6, 6.07) is 31.7. The lowest BCUT2D eigenvalue weighted by molar-refractivity contribution is 0.632. The summed E-state index contributed by atoms with van der Waals surface area (Å²) < 4.78 is 5.19. The molecule has 1 heterocycles. The maximum absolute atomic E-state index is 5.50. The second-order valence-electron chi connectivity index (χ2n) is 7.78. The molecule has 0 spiro atoms. The molecular formula is C25H29N4PS. The van der Waals surface area contributed by atoms with Gasteiger partial charge in [0.2, 0.25) is 0 Å². The van der Waals surface area contributed by atoms with Gasteiger partial charge in [-0.25, -0.2) is 0 Å². The molecule has 0 radical (unpaired) electrons. The standard InChI is InChI=1S/C25H29N4PS/c1-21(19-26-25(31)27-22-11-5-2-6-12-22)20-30-28(23-13-7-3-8-14-23)17-18-29(30)24-15-9-4-10-16-24/h2-16,21H,17-20H2,1H3,(H2,26,27,31)/t21-/m1/s1. The van der Waals surface area contributed by atoms with E-state index in [4.69, 9.17) is 12.2 Å². The van der Waals surface area contributed by atoms with E-state index in [0.717, 1.165) is 31.5 Å². The number of benzene rings is 3. The van der Waals surface area contributed by atoms with Gasteiger partial charge in [-0.1, -0.05) is 61.5 Å². The Morgan fingerprint density at radius 2 is 1.32 bits per heavy atom. The molecule has 0 unspecified atom stereocenters. The lowest BCUT2D eigenvalue weighted by atomic mass is 10.2. The molecule has 3 aromatic rings. The summed E-state index contributed by atoms with van der Waals surface area (Å²) in [6.45, 7) is 5.27. The summed E-state index contributed by atoms with van der Waals surface area (Å²) in [4.78, 5) is 0. The Kier molecular flexibility index (Phi) is 7.39. The van der Waals surface area contributed by atoms with Crippen LogP contribution in [0.25, 0.3) is 0 Å². The third kappa shape index (κ3) is 5.75. The third-order valence-corrected chi connectivity index (χ3v) is 8.48. The number of nitrogens with one attached hydrogen (secondary N) is 2. The van der Waals surface area contributed by atoms with E-state index in [1.54, 1.807) is 0 Å². The Bertz CT molecular complexity index is 908. The molecule has 0 saturated carbocycles. The highest BCUT2D eigenvalue weighted by Gasteiger charge is 2.33. The van der Waals surface area contributed by atoms with Gasteiger partial charge in [0, 0.05) is 42.9 Å². The van der Waals surface area contributed by atoms with Crippen LogP contribution in [-0.4, -0.2) is 30.9 Å². The molecule has 1 aliphatic heterocycles. The van der Waals surface area contributed by atoms with E-state index in [1.807, 2.05) is 30.3 Å². The lowest BCUT2D eigenvalue weighted by Gasteiger charge is -2.34. The van der Waals surface area contributed by atoms with E-state index in [1.165, 1.54) is 11.4 Å². The Hall–Kier alpha value is -2.62. The molecule has 1 aliphatic rings. The predicted molar refractivity (Wildman–Crippen MR) is 139 cm³/mol. The number of para-hydroxylation sites is 3. The average molecular weight is 449 g/mol. The SMILES string of the molecule is C[C@H](CNC(=S)Nc1ccccc1)CP1N(c2ccccc2)CCN1c1ccccc1. The molecule has 2 N–H and O–H groups in total. The molecule has 160 valence electrons. The molecule has 1 saturated heterocycles. The molecule has 0 amide bonds. The zero-order valence-electron chi connectivity index (χ0n) is 17.8. The lowest BCUT2D eigenvalue weighted by Crippen LogP contribution is -2.33. The Morgan fingerprint density at radius 1 is 0.839 bits per heavy atom. The summed E-state index contributed by atoms with van der Waals surface area (Å²) in [5.74, 6) is 0.483. The highest BCUT2D eigenvalue weighted by molar-refractivity contribution is 7.80. The molecule has 4 rings (SSSR count). The van der Waals surface area contributed by atoms with Crippen LogP contribution in [0.15, 0.2) is 91.0 Å². The number of nitrogens with zero attached hydrogens (tertiary/aromatic N) is 2. The van der Waals surface area contributed by atoms with Gasteiger partial charge < -0.3 is 20.0 Å². The Labute approximate surface area is 192 Å². The topological polar surface area (TPSA) is 30.5 Å². The Morgan fingerprint density at radius 3 is 1.84 bits per heavy atom. The van der Waals surface area contributed by atoms with Gasteiger partial charge in [0.05, 0.1) is 8.22 Å². The first-order valence-electron chi connectivity index (χ1n) is 10.7. The molecular weight excluding hydrogens is 419 g/mol. The van der Waals surface area contributed by atoms with Gasteiger partial charge >= 0.3 is 0 Å². The fourth-order valence-electron chi connectivity index (χ4n) is 3.78. The first kappa shape index (κ1) is 21.6. The van der Waals surface area contributed by atoms with Crippen molar-refractivity contribution in [3.05, 3.63) is 91.0 Å². The zero-order chi connectivity index (χ0) is 21.5. The Balaban J connectivity index is 1.41. The van der Waals surface area contributed by atoms with Gasteiger partial charge in [0.25, 0.3) is 0 Å². The van der Waals surface area contributed by atoms with Crippen LogP contribution in [0, 0.1) is 5.92 Å². The average Bonchev–Trinajstić information content (AvgIpc) is 3.23. The van der Waals surface area contributed by atoms with Gasteiger partial charge in [0.1, 0.15) is 0 Å². The van der Waals surface area contributed by atoms with Crippen LogP contribution < -0.4 is 20.0 Å². The molecule has 0 aliphatic carbocycles. The van der Waals surface area contributed by atoms with Crippen molar-refractivity contribution in [2.75, 3.05) is 40.5 Å².